The van der Waals surface area contributed by atoms with Crippen molar-refractivity contribution in [3.05, 3.63) is 42.0 Å². The molecule has 5 heteroatoms. The highest BCUT2D eigenvalue weighted by atomic mass is 16.9. The van der Waals surface area contributed by atoms with Crippen LogP contribution in [-0.2, 0) is 16.2 Å². The van der Waals surface area contributed by atoms with E-state index in [9.17, 15) is 0 Å². The second kappa shape index (κ2) is 8.79. The summed E-state index contributed by atoms with van der Waals surface area (Å²) in [5.74, 6) is 0. The number of aliphatic hydroxyl groups is 2. The Bertz CT molecular complexity index is 349. The van der Waals surface area contributed by atoms with Crippen LogP contribution >= 0.6 is 0 Å². The first-order chi connectivity index (χ1) is 8.81. The van der Waals surface area contributed by atoms with Gasteiger partial charge in [-0.15, -0.1) is 0 Å². The highest BCUT2D eigenvalue weighted by Gasteiger charge is 2.09. The summed E-state index contributed by atoms with van der Waals surface area (Å²) in [6.45, 7) is 4.22. The molecule has 1 aromatic rings. The maximum Gasteiger partial charge on any atom is 0.0942 e. The van der Waals surface area contributed by atoms with Gasteiger partial charge >= 0.3 is 0 Å². The first kappa shape index (κ1) is 14.8. The third-order valence-electron chi connectivity index (χ3n) is 2.23. The molecule has 0 fully saturated rings. The number of hydrogen-bond acceptors (Lipinski definition) is 5. The SMILES string of the molecule is C=Cc1ccccc1CN(OCCO)OCCO. The molecule has 0 amide bonds. The van der Waals surface area contributed by atoms with E-state index in [4.69, 9.17) is 19.9 Å². The summed E-state index contributed by atoms with van der Waals surface area (Å²) < 4.78 is 0. The van der Waals surface area contributed by atoms with Crippen LogP contribution in [0.3, 0.4) is 0 Å². The molecule has 0 aromatic heterocycles. The lowest BCUT2D eigenvalue weighted by Crippen LogP contribution is -2.27. The molecule has 0 aliphatic carbocycles. The zero-order chi connectivity index (χ0) is 13.2. The van der Waals surface area contributed by atoms with Crippen LogP contribution in [0.25, 0.3) is 6.08 Å². The molecule has 0 unspecified atom stereocenters. The van der Waals surface area contributed by atoms with Crippen LogP contribution < -0.4 is 0 Å². The van der Waals surface area contributed by atoms with E-state index in [1.165, 1.54) is 5.23 Å². The minimum Gasteiger partial charge on any atom is -0.394 e. The molecule has 0 heterocycles. The van der Waals surface area contributed by atoms with E-state index in [1.54, 1.807) is 6.08 Å². The maximum absolute atomic E-state index is 8.73. The van der Waals surface area contributed by atoms with Crippen LogP contribution in [0.4, 0.5) is 0 Å². The van der Waals surface area contributed by atoms with Gasteiger partial charge in [-0.2, -0.15) is 0 Å². The van der Waals surface area contributed by atoms with Crippen LogP contribution in [0.1, 0.15) is 11.1 Å². The summed E-state index contributed by atoms with van der Waals surface area (Å²) in [5.41, 5.74) is 1.98. The van der Waals surface area contributed by atoms with Crippen LogP contribution in [0.15, 0.2) is 30.8 Å². The topological polar surface area (TPSA) is 62.2 Å². The Hall–Kier alpha value is -1.24. The summed E-state index contributed by atoms with van der Waals surface area (Å²) in [4.78, 5) is 10.4. The second-order valence-electron chi connectivity index (χ2n) is 3.51. The summed E-state index contributed by atoms with van der Waals surface area (Å²) in [7, 11) is 0. The number of rotatable bonds is 9. The Morgan fingerprint density at radius 2 is 1.72 bits per heavy atom. The molecule has 100 valence electrons. The van der Waals surface area contributed by atoms with Crippen LogP contribution in [0.2, 0.25) is 0 Å². The van der Waals surface area contributed by atoms with Gasteiger partial charge in [0, 0.05) is 0 Å². The van der Waals surface area contributed by atoms with Crippen molar-refractivity contribution in [2.75, 3.05) is 26.4 Å². The molecule has 0 radical (unpaired) electrons. The monoisotopic (exact) mass is 253 g/mol. The maximum atomic E-state index is 8.73. The molecule has 5 nitrogen and oxygen atoms in total. The lowest BCUT2D eigenvalue weighted by Gasteiger charge is -2.21. The van der Waals surface area contributed by atoms with Gasteiger partial charge in [-0.25, -0.2) is 0 Å². The third kappa shape index (κ3) is 4.95. The fraction of sp³-hybridized carbons (Fsp3) is 0.385. The summed E-state index contributed by atoms with van der Waals surface area (Å²) >= 11 is 0. The number of nitrogens with zero attached hydrogens (tertiary/aromatic N) is 1. The van der Waals surface area contributed by atoms with Crippen LogP contribution in [0.5, 0.6) is 0 Å². The highest BCUT2D eigenvalue weighted by molar-refractivity contribution is 5.51. The number of benzene rings is 1. The fourth-order valence-corrected chi connectivity index (χ4v) is 1.43. The van der Waals surface area contributed by atoms with Crippen molar-refractivity contribution in [3.8, 4) is 0 Å². The molecule has 0 aliphatic rings. The minimum absolute atomic E-state index is 0.0951. The van der Waals surface area contributed by atoms with Crippen molar-refractivity contribution in [3.63, 3.8) is 0 Å². The number of hydrogen-bond donors (Lipinski definition) is 2. The van der Waals surface area contributed by atoms with Crippen molar-refractivity contribution in [2.24, 2.45) is 0 Å². The van der Waals surface area contributed by atoms with Crippen molar-refractivity contribution in [1.29, 1.82) is 0 Å². The Labute approximate surface area is 107 Å². The van der Waals surface area contributed by atoms with Gasteiger partial charge in [0.05, 0.1) is 33.0 Å². The predicted octanol–water partition coefficient (Wildman–Crippen LogP) is 0.979. The molecular weight excluding hydrogens is 234 g/mol. The summed E-state index contributed by atoms with van der Waals surface area (Å²) in [5, 5.41) is 18.7. The van der Waals surface area contributed by atoms with Gasteiger partial charge in [-0.1, -0.05) is 42.1 Å². The van der Waals surface area contributed by atoms with Crippen LogP contribution in [-0.4, -0.2) is 41.9 Å². The highest BCUT2D eigenvalue weighted by Crippen LogP contribution is 2.13. The third-order valence-corrected chi connectivity index (χ3v) is 2.23. The average molecular weight is 253 g/mol. The molecule has 0 spiro atoms. The molecule has 0 saturated carbocycles. The first-order valence-corrected chi connectivity index (χ1v) is 5.77. The largest absolute Gasteiger partial charge is 0.394 e. The fourth-order valence-electron chi connectivity index (χ4n) is 1.43. The Morgan fingerprint density at radius 3 is 2.28 bits per heavy atom. The zero-order valence-electron chi connectivity index (χ0n) is 10.3. The molecule has 18 heavy (non-hydrogen) atoms. The molecule has 2 N–H and O–H groups in total. The Morgan fingerprint density at radius 1 is 1.11 bits per heavy atom. The van der Waals surface area contributed by atoms with Gasteiger partial charge in [-0.05, 0) is 11.1 Å². The molecule has 0 bridgehead atoms. The van der Waals surface area contributed by atoms with E-state index < -0.39 is 0 Å². The quantitative estimate of drug-likeness (QED) is 0.642. The normalized spacial score (nSPS) is 10.8. The smallest absolute Gasteiger partial charge is 0.0942 e. The molecule has 0 saturated heterocycles. The van der Waals surface area contributed by atoms with E-state index in [0.29, 0.717) is 6.54 Å². The standard InChI is InChI=1S/C13H19NO4/c1-2-12-5-3-4-6-13(12)11-14(17-9-7-15)18-10-8-16/h2-6,15-16H,1,7-11H2. The first-order valence-electron chi connectivity index (χ1n) is 5.77. The van der Waals surface area contributed by atoms with E-state index in [1.807, 2.05) is 24.3 Å². The molecule has 0 aliphatic heterocycles. The van der Waals surface area contributed by atoms with E-state index in [-0.39, 0.29) is 26.4 Å². The zero-order valence-corrected chi connectivity index (χ0v) is 10.3. The predicted molar refractivity (Wildman–Crippen MR) is 68.2 cm³/mol. The second-order valence-corrected chi connectivity index (χ2v) is 3.51. The van der Waals surface area contributed by atoms with Crippen molar-refractivity contribution in [1.82, 2.24) is 5.23 Å². The molecule has 1 aromatic carbocycles. The van der Waals surface area contributed by atoms with Gasteiger partial charge in [0.2, 0.25) is 0 Å². The van der Waals surface area contributed by atoms with Crippen LogP contribution in [0, 0.1) is 0 Å². The summed E-state index contributed by atoms with van der Waals surface area (Å²) in [6, 6.07) is 7.72. The van der Waals surface area contributed by atoms with Gasteiger partial charge in [-0.3, -0.25) is 9.68 Å². The molecular formula is C13H19NO4. The Balaban J connectivity index is 2.65. The molecule has 0 atom stereocenters. The summed E-state index contributed by atoms with van der Waals surface area (Å²) in [6.07, 6.45) is 1.76. The van der Waals surface area contributed by atoms with Crippen molar-refractivity contribution in [2.45, 2.75) is 6.54 Å². The van der Waals surface area contributed by atoms with E-state index >= 15 is 0 Å². The Kier molecular flexibility index (Phi) is 7.24. The lowest BCUT2D eigenvalue weighted by molar-refractivity contribution is -0.378. The minimum atomic E-state index is -0.0951. The van der Waals surface area contributed by atoms with Gasteiger partial charge in [0.15, 0.2) is 0 Å². The van der Waals surface area contributed by atoms with Crippen molar-refractivity contribution < 1.29 is 19.9 Å². The van der Waals surface area contributed by atoms with E-state index in [2.05, 4.69) is 6.58 Å². The number of hydroxylamine groups is 2. The number of aliphatic hydroxyl groups excluding tert-OH is 2. The van der Waals surface area contributed by atoms with Gasteiger partial charge in [0.1, 0.15) is 0 Å². The lowest BCUT2D eigenvalue weighted by atomic mass is 10.1. The van der Waals surface area contributed by atoms with Crippen molar-refractivity contribution >= 4 is 6.08 Å². The van der Waals surface area contributed by atoms with Gasteiger partial charge in [0.25, 0.3) is 0 Å². The average Bonchev–Trinajstić information content (AvgIpc) is 2.42. The van der Waals surface area contributed by atoms with Gasteiger partial charge < -0.3 is 10.2 Å². The van der Waals surface area contributed by atoms with E-state index in [0.717, 1.165) is 11.1 Å². The molecule has 1 rings (SSSR count).